The van der Waals surface area contributed by atoms with E-state index >= 15 is 0 Å². The van der Waals surface area contributed by atoms with E-state index in [2.05, 4.69) is 38.2 Å². The lowest BCUT2D eigenvalue weighted by Gasteiger charge is -2.24. The summed E-state index contributed by atoms with van der Waals surface area (Å²) in [6.45, 7) is 5.63. The fourth-order valence-electron chi connectivity index (χ4n) is 7.11. The second kappa shape index (κ2) is 43.6. The molecule has 0 rings (SSSR count). The number of unbranched alkanes of at least 4 members (excludes halogenated alkanes) is 29. The molecule has 0 aromatic carbocycles. The van der Waals surface area contributed by atoms with Crippen LogP contribution in [0.5, 0.6) is 0 Å². The van der Waals surface area contributed by atoms with Crippen molar-refractivity contribution in [3.8, 4) is 0 Å². The number of hydrogen-bond donors (Lipinski definition) is 1. The van der Waals surface area contributed by atoms with Gasteiger partial charge in [0.15, 0.2) is 0 Å². The zero-order valence-corrected chi connectivity index (χ0v) is 40.6. The third kappa shape index (κ3) is 47.9. The van der Waals surface area contributed by atoms with E-state index in [1.165, 1.54) is 154 Å². The minimum atomic E-state index is -4.28. The topological polar surface area (TPSA) is 91.3 Å². The molecule has 2 unspecified atom stereocenters. The standard InChI is InChI=1S/C50H98NO7P/c1-6-8-10-12-14-16-18-20-22-24-25-26-27-28-30-32-34-36-38-40-42-45-55-47-49(48-57-59(53,54)56-46-44-51(3,4)5)58-50(52)43-41-39-37-35-33-31-29-23-21-19-17-15-13-11-9-7-2/h17,19,23,29,49H,6-16,18,20-22,24-28,30-48H2,1-5H3/p+1/b19-17-,29-23-. The van der Waals surface area contributed by atoms with Crippen LogP contribution in [0.4, 0.5) is 0 Å². The van der Waals surface area contributed by atoms with E-state index in [4.69, 9.17) is 18.5 Å². The summed E-state index contributed by atoms with van der Waals surface area (Å²) in [5.41, 5.74) is 0. The molecule has 0 heterocycles. The predicted molar refractivity (Wildman–Crippen MR) is 252 cm³/mol. The number of ether oxygens (including phenoxy) is 2. The van der Waals surface area contributed by atoms with Crippen molar-refractivity contribution in [3.05, 3.63) is 24.3 Å². The van der Waals surface area contributed by atoms with E-state index < -0.39 is 13.9 Å². The van der Waals surface area contributed by atoms with Crippen molar-refractivity contribution in [3.63, 3.8) is 0 Å². The second-order valence-electron chi connectivity index (χ2n) is 18.2. The van der Waals surface area contributed by atoms with Gasteiger partial charge in [0.2, 0.25) is 0 Å². The summed E-state index contributed by atoms with van der Waals surface area (Å²) in [5, 5.41) is 0. The highest BCUT2D eigenvalue weighted by Crippen LogP contribution is 2.43. The number of likely N-dealkylation sites (N-methyl/N-ethyl adjacent to an activating group) is 1. The van der Waals surface area contributed by atoms with Crippen molar-refractivity contribution in [2.75, 3.05) is 54.1 Å². The highest BCUT2D eigenvalue weighted by molar-refractivity contribution is 7.47. The molecule has 0 aliphatic heterocycles. The molecule has 0 fully saturated rings. The SMILES string of the molecule is CCCCCC/C=C\C/C=C\CCCCCCCC(=O)OC(COCCCCCCCCCCCCCCCCCCCCCCC)COP(=O)(O)OCC[N+](C)(C)C. The largest absolute Gasteiger partial charge is 0.472 e. The summed E-state index contributed by atoms with van der Waals surface area (Å²) in [5.74, 6) is -0.323. The predicted octanol–water partition coefficient (Wildman–Crippen LogP) is 15.2. The summed E-state index contributed by atoms with van der Waals surface area (Å²) in [6, 6.07) is 0. The molecule has 0 radical (unpaired) electrons. The monoisotopic (exact) mass is 857 g/mol. The number of phosphoric acid groups is 1. The van der Waals surface area contributed by atoms with Gasteiger partial charge >= 0.3 is 13.8 Å². The van der Waals surface area contributed by atoms with E-state index in [1.54, 1.807) is 0 Å². The lowest BCUT2D eigenvalue weighted by Crippen LogP contribution is -2.37. The van der Waals surface area contributed by atoms with Crippen LogP contribution in [0.1, 0.15) is 232 Å². The lowest BCUT2D eigenvalue weighted by molar-refractivity contribution is -0.870. The van der Waals surface area contributed by atoms with Gasteiger partial charge in [-0.05, 0) is 44.9 Å². The molecule has 9 heteroatoms. The Morgan fingerprint density at radius 3 is 1.39 bits per heavy atom. The van der Waals surface area contributed by atoms with Gasteiger partial charge in [-0.25, -0.2) is 4.57 Å². The fourth-order valence-corrected chi connectivity index (χ4v) is 7.86. The van der Waals surface area contributed by atoms with Crippen LogP contribution in [0.2, 0.25) is 0 Å². The molecule has 0 aliphatic rings. The molecule has 0 bridgehead atoms. The normalized spacial score (nSPS) is 13.8. The number of phosphoric ester groups is 1. The summed E-state index contributed by atoms with van der Waals surface area (Å²) < 4.78 is 35.1. The molecule has 0 aliphatic carbocycles. The molecule has 350 valence electrons. The molecule has 0 aromatic rings. The number of esters is 1. The Kier molecular flexibility index (Phi) is 42.9. The third-order valence-corrected chi connectivity index (χ3v) is 12.0. The quantitative estimate of drug-likeness (QED) is 0.0214. The third-order valence-electron chi connectivity index (χ3n) is 11.0. The fraction of sp³-hybridized carbons (Fsp3) is 0.900. The highest BCUT2D eigenvalue weighted by Gasteiger charge is 2.26. The van der Waals surface area contributed by atoms with Crippen molar-refractivity contribution in [1.29, 1.82) is 0 Å². The maximum atomic E-state index is 12.7. The van der Waals surface area contributed by atoms with Crippen LogP contribution in [0.25, 0.3) is 0 Å². The number of carbonyl (C=O) groups is 1. The molecular weight excluding hydrogens is 758 g/mol. The van der Waals surface area contributed by atoms with E-state index in [9.17, 15) is 14.3 Å². The van der Waals surface area contributed by atoms with Crippen LogP contribution in [0, 0.1) is 0 Å². The van der Waals surface area contributed by atoms with Gasteiger partial charge < -0.3 is 18.9 Å². The molecule has 1 N–H and O–H groups in total. The van der Waals surface area contributed by atoms with Crippen molar-refractivity contribution in [2.24, 2.45) is 0 Å². The smallest absolute Gasteiger partial charge is 0.457 e. The zero-order chi connectivity index (χ0) is 43.4. The van der Waals surface area contributed by atoms with Crippen LogP contribution in [-0.2, 0) is 27.9 Å². The van der Waals surface area contributed by atoms with Gasteiger partial charge in [0.05, 0.1) is 34.4 Å². The van der Waals surface area contributed by atoms with Crippen molar-refractivity contribution in [2.45, 2.75) is 238 Å². The summed E-state index contributed by atoms with van der Waals surface area (Å²) in [7, 11) is 1.67. The van der Waals surface area contributed by atoms with Gasteiger partial charge in [0.25, 0.3) is 0 Å². The van der Waals surface area contributed by atoms with Crippen molar-refractivity contribution >= 4 is 13.8 Å². The second-order valence-corrected chi connectivity index (χ2v) is 19.7. The maximum Gasteiger partial charge on any atom is 0.472 e. The summed E-state index contributed by atoms with van der Waals surface area (Å²) in [4.78, 5) is 23.0. The first-order valence-electron chi connectivity index (χ1n) is 25.1. The first-order valence-corrected chi connectivity index (χ1v) is 26.6. The van der Waals surface area contributed by atoms with Gasteiger partial charge in [-0.3, -0.25) is 13.8 Å². The van der Waals surface area contributed by atoms with Gasteiger partial charge in [0, 0.05) is 13.0 Å². The molecule has 0 saturated heterocycles. The average molecular weight is 857 g/mol. The van der Waals surface area contributed by atoms with Crippen LogP contribution in [0.3, 0.4) is 0 Å². The molecule has 0 spiro atoms. The van der Waals surface area contributed by atoms with Gasteiger partial charge in [-0.15, -0.1) is 0 Å². The van der Waals surface area contributed by atoms with E-state index in [1.807, 2.05) is 21.1 Å². The molecule has 59 heavy (non-hydrogen) atoms. The Labute approximate surface area is 366 Å². The minimum absolute atomic E-state index is 0.0879. The molecule has 0 amide bonds. The van der Waals surface area contributed by atoms with E-state index in [-0.39, 0.29) is 25.8 Å². The zero-order valence-electron chi connectivity index (χ0n) is 39.8. The average Bonchev–Trinajstić information content (AvgIpc) is 3.19. The van der Waals surface area contributed by atoms with E-state index in [0.29, 0.717) is 24.1 Å². The van der Waals surface area contributed by atoms with Crippen LogP contribution in [-0.4, -0.2) is 75.6 Å². The highest BCUT2D eigenvalue weighted by atomic mass is 31.2. The molecule has 2 atom stereocenters. The minimum Gasteiger partial charge on any atom is -0.457 e. The van der Waals surface area contributed by atoms with Crippen LogP contribution in [0.15, 0.2) is 24.3 Å². The number of nitrogens with zero attached hydrogens (tertiary/aromatic N) is 1. The summed E-state index contributed by atoms with van der Waals surface area (Å²) in [6.07, 6.45) is 50.8. The Bertz CT molecular complexity index is 998. The molecule has 8 nitrogen and oxygen atoms in total. The van der Waals surface area contributed by atoms with Gasteiger partial charge in [-0.2, -0.15) is 0 Å². The first-order chi connectivity index (χ1) is 28.6. The van der Waals surface area contributed by atoms with Crippen LogP contribution < -0.4 is 0 Å². The lowest BCUT2D eigenvalue weighted by atomic mass is 10.0. The van der Waals surface area contributed by atoms with Gasteiger partial charge in [-0.1, -0.05) is 205 Å². The Morgan fingerprint density at radius 1 is 0.525 bits per heavy atom. The Morgan fingerprint density at radius 2 is 0.932 bits per heavy atom. The molecule has 0 saturated carbocycles. The van der Waals surface area contributed by atoms with Crippen LogP contribution >= 0.6 is 7.82 Å². The maximum absolute atomic E-state index is 12.7. The van der Waals surface area contributed by atoms with Crippen molar-refractivity contribution in [1.82, 2.24) is 0 Å². The Hall–Kier alpha value is -1.02. The number of hydrogen-bond acceptors (Lipinski definition) is 6. The number of quaternary nitrogens is 1. The summed E-state index contributed by atoms with van der Waals surface area (Å²) >= 11 is 0. The van der Waals surface area contributed by atoms with Crippen molar-refractivity contribution < 1.29 is 37.3 Å². The van der Waals surface area contributed by atoms with Gasteiger partial charge in [0.1, 0.15) is 19.3 Å². The number of allylic oxidation sites excluding steroid dienone is 4. The number of rotatable bonds is 47. The molecule has 0 aromatic heterocycles. The first kappa shape index (κ1) is 58.0. The van der Waals surface area contributed by atoms with E-state index in [0.717, 1.165) is 57.8 Å². The number of carbonyl (C=O) groups excluding carboxylic acids is 1. The Balaban J connectivity index is 4.13. The molecular formula is C50H99NO7P+.